The molecule has 1 aliphatic heterocycles. The van der Waals surface area contributed by atoms with Crippen LogP contribution in [0.1, 0.15) is 68.6 Å². The van der Waals surface area contributed by atoms with Gasteiger partial charge in [0.25, 0.3) is 5.91 Å². The number of rotatable bonds is 10. The van der Waals surface area contributed by atoms with Gasteiger partial charge < -0.3 is 20.7 Å². The Labute approximate surface area is 211 Å². The number of esters is 1. The summed E-state index contributed by atoms with van der Waals surface area (Å²) in [5, 5.41) is 8.86. The van der Waals surface area contributed by atoms with Crippen LogP contribution < -0.4 is 16.0 Å². The number of carbonyl (C=O) groups is 4. The number of nitrogens with zero attached hydrogens (tertiary/aromatic N) is 1. The first-order valence-corrected chi connectivity index (χ1v) is 12.8. The second-order valence-corrected chi connectivity index (χ2v) is 9.51. The Kier molecular flexibility index (Phi) is 10.3. The smallest absolute Gasteiger partial charge is 0.307 e. The third-order valence-corrected chi connectivity index (χ3v) is 6.67. The quantitative estimate of drug-likeness (QED) is 0.332. The number of hydrogen-bond donors (Lipinski definition) is 3. The fourth-order valence-corrected chi connectivity index (χ4v) is 4.60. The molecule has 1 heterocycles. The highest BCUT2D eigenvalue weighted by Crippen LogP contribution is 2.23. The molecule has 0 bridgehead atoms. The number of halogens is 1. The number of nitrogens with one attached hydrogen (secondary N) is 3. The highest BCUT2D eigenvalue weighted by atomic mass is 35.5. The van der Waals surface area contributed by atoms with Gasteiger partial charge in [-0.3, -0.25) is 24.1 Å². The summed E-state index contributed by atoms with van der Waals surface area (Å²) >= 11 is 6.26. The monoisotopic (exact) mass is 506 g/mol. The van der Waals surface area contributed by atoms with Crippen LogP contribution in [0.4, 0.5) is 5.69 Å². The van der Waals surface area contributed by atoms with Crippen molar-refractivity contribution < 1.29 is 23.9 Å². The van der Waals surface area contributed by atoms with E-state index in [4.69, 9.17) is 16.3 Å². The molecule has 0 radical (unpaired) electrons. The maximum absolute atomic E-state index is 12.8. The lowest BCUT2D eigenvalue weighted by molar-refractivity contribution is -0.149. The molecule has 10 heteroatoms. The van der Waals surface area contributed by atoms with Crippen LogP contribution in [-0.4, -0.2) is 66.9 Å². The summed E-state index contributed by atoms with van der Waals surface area (Å²) in [6.45, 7) is 3.06. The van der Waals surface area contributed by atoms with Crippen LogP contribution in [0.2, 0.25) is 5.02 Å². The van der Waals surface area contributed by atoms with Gasteiger partial charge in [0.05, 0.1) is 30.2 Å². The lowest BCUT2D eigenvalue weighted by Gasteiger charge is -2.33. The zero-order chi connectivity index (χ0) is 25.2. The van der Waals surface area contributed by atoms with E-state index in [9.17, 15) is 19.2 Å². The fourth-order valence-electron chi connectivity index (χ4n) is 4.39. The van der Waals surface area contributed by atoms with Crippen LogP contribution in [0.25, 0.3) is 0 Å². The number of anilines is 1. The zero-order valence-corrected chi connectivity index (χ0v) is 21.0. The van der Waals surface area contributed by atoms with Gasteiger partial charge in [0.15, 0.2) is 0 Å². The SMILES string of the molecule is CCCCOC(=O)CC1C(=O)NCCN1CC(=O)Nc1ccc(Cl)c(C(=O)NC2CCCCC2)c1. The minimum absolute atomic E-state index is 0.0768. The number of hydrogen-bond acceptors (Lipinski definition) is 6. The van der Waals surface area contributed by atoms with Gasteiger partial charge in [-0.25, -0.2) is 0 Å². The number of amides is 3. The predicted octanol–water partition coefficient (Wildman–Crippen LogP) is 2.87. The molecular formula is C25H35ClN4O5. The molecule has 1 aromatic rings. The van der Waals surface area contributed by atoms with Gasteiger partial charge >= 0.3 is 5.97 Å². The number of benzene rings is 1. The first kappa shape index (κ1) is 26.9. The normalized spacial score (nSPS) is 19.0. The van der Waals surface area contributed by atoms with Crippen LogP contribution in [0.5, 0.6) is 0 Å². The van der Waals surface area contributed by atoms with Gasteiger partial charge in [0.1, 0.15) is 6.04 Å². The number of carbonyl (C=O) groups excluding carboxylic acids is 4. The van der Waals surface area contributed by atoms with E-state index in [1.807, 2.05) is 6.92 Å². The molecule has 1 atom stereocenters. The molecule has 1 saturated heterocycles. The summed E-state index contributed by atoms with van der Waals surface area (Å²) in [6.07, 6.45) is 6.84. The lowest BCUT2D eigenvalue weighted by atomic mass is 9.95. The second-order valence-electron chi connectivity index (χ2n) is 9.11. The molecule has 35 heavy (non-hydrogen) atoms. The Morgan fingerprint density at radius 3 is 2.71 bits per heavy atom. The van der Waals surface area contributed by atoms with E-state index in [0.717, 1.165) is 38.5 Å². The first-order valence-electron chi connectivity index (χ1n) is 12.4. The predicted molar refractivity (Wildman–Crippen MR) is 133 cm³/mol. The lowest BCUT2D eigenvalue weighted by Crippen LogP contribution is -2.57. The van der Waals surface area contributed by atoms with Crippen LogP contribution in [0.15, 0.2) is 18.2 Å². The minimum Gasteiger partial charge on any atom is -0.466 e. The molecule has 0 spiro atoms. The van der Waals surface area contributed by atoms with E-state index >= 15 is 0 Å². The van der Waals surface area contributed by atoms with Crippen molar-refractivity contribution in [2.24, 2.45) is 0 Å². The van der Waals surface area contributed by atoms with Crippen LogP contribution in [-0.2, 0) is 19.1 Å². The van der Waals surface area contributed by atoms with Gasteiger partial charge in [0.2, 0.25) is 11.8 Å². The van der Waals surface area contributed by atoms with Gasteiger partial charge in [-0.05, 0) is 37.5 Å². The summed E-state index contributed by atoms with van der Waals surface area (Å²) in [5.74, 6) is -1.38. The van der Waals surface area contributed by atoms with Crippen molar-refractivity contribution >= 4 is 41.0 Å². The summed E-state index contributed by atoms with van der Waals surface area (Å²) in [5.41, 5.74) is 0.741. The second kappa shape index (κ2) is 13.4. The van der Waals surface area contributed by atoms with E-state index < -0.39 is 12.0 Å². The molecule has 2 aliphatic rings. The maximum Gasteiger partial charge on any atom is 0.307 e. The molecule has 3 amide bonds. The van der Waals surface area contributed by atoms with Crippen molar-refractivity contribution in [2.45, 2.75) is 70.4 Å². The van der Waals surface area contributed by atoms with E-state index in [2.05, 4.69) is 16.0 Å². The molecule has 1 aromatic carbocycles. The molecule has 1 aliphatic carbocycles. The van der Waals surface area contributed by atoms with Crippen molar-refractivity contribution in [3.63, 3.8) is 0 Å². The van der Waals surface area contributed by atoms with Crippen LogP contribution in [0.3, 0.4) is 0 Å². The molecule has 3 rings (SSSR count). The average Bonchev–Trinajstić information content (AvgIpc) is 2.83. The molecule has 2 fully saturated rings. The van der Waals surface area contributed by atoms with Gasteiger partial charge in [-0.2, -0.15) is 0 Å². The van der Waals surface area contributed by atoms with Crippen molar-refractivity contribution in [1.29, 1.82) is 0 Å². The fraction of sp³-hybridized carbons (Fsp3) is 0.600. The van der Waals surface area contributed by atoms with Gasteiger partial charge in [0, 0.05) is 24.8 Å². The zero-order valence-electron chi connectivity index (χ0n) is 20.2. The highest BCUT2D eigenvalue weighted by molar-refractivity contribution is 6.34. The molecule has 3 N–H and O–H groups in total. The summed E-state index contributed by atoms with van der Waals surface area (Å²) < 4.78 is 5.19. The Balaban J connectivity index is 1.59. The van der Waals surface area contributed by atoms with Crippen molar-refractivity contribution in [3.8, 4) is 0 Å². The van der Waals surface area contributed by atoms with E-state index in [1.165, 1.54) is 6.42 Å². The van der Waals surface area contributed by atoms with Crippen molar-refractivity contribution in [1.82, 2.24) is 15.5 Å². The maximum atomic E-state index is 12.8. The first-order chi connectivity index (χ1) is 16.9. The Morgan fingerprint density at radius 1 is 1.20 bits per heavy atom. The third kappa shape index (κ3) is 8.21. The summed E-state index contributed by atoms with van der Waals surface area (Å²) in [6, 6.07) is 4.13. The molecule has 192 valence electrons. The number of ether oxygens (including phenoxy) is 1. The standard InChI is InChI=1S/C25H35ClN4O5/c1-2-3-13-35-23(32)15-21-25(34)27-11-12-30(21)16-22(31)28-18-9-10-20(26)19(14-18)24(33)29-17-7-5-4-6-8-17/h9-10,14,17,21H,2-8,11-13,15-16H2,1H3,(H,27,34)(H,28,31)(H,29,33). The average molecular weight is 507 g/mol. The molecule has 1 unspecified atom stereocenters. The summed E-state index contributed by atoms with van der Waals surface area (Å²) in [4.78, 5) is 51.7. The van der Waals surface area contributed by atoms with Gasteiger partial charge in [-0.15, -0.1) is 0 Å². The largest absolute Gasteiger partial charge is 0.466 e. The van der Waals surface area contributed by atoms with Crippen molar-refractivity contribution in [2.75, 3.05) is 31.6 Å². The molecule has 1 saturated carbocycles. The highest BCUT2D eigenvalue weighted by Gasteiger charge is 2.33. The Morgan fingerprint density at radius 2 is 1.97 bits per heavy atom. The van der Waals surface area contributed by atoms with E-state index in [0.29, 0.717) is 36.0 Å². The van der Waals surface area contributed by atoms with Crippen LogP contribution >= 0.6 is 11.6 Å². The van der Waals surface area contributed by atoms with Gasteiger partial charge in [-0.1, -0.05) is 44.2 Å². The van der Waals surface area contributed by atoms with E-state index in [-0.39, 0.29) is 36.7 Å². The number of unbranched alkanes of at least 4 members (excludes halogenated alkanes) is 1. The summed E-state index contributed by atoms with van der Waals surface area (Å²) in [7, 11) is 0. The van der Waals surface area contributed by atoms with Crippen LogP contribution in [0, 0.1) is 0 Å². The van der Waals surface area contributed by atoms with E-state index in [1.54, 1.807) is 23.1 Å². The Bertz CT molecular complexity index is 919. The Hall–Kier alpha value is -2.65. The third-order valence-electron chi connectivity index (χ3n) is 6.34. The topological polar surface area (TPSA) is 117 Å². The molecule has 0 aromatic heterocycles. The number of piperazine rings is 1. The van der Waals surface area contributed by atoms with Crippen molar-refractivity contribution in [3.05, 3.63) is 28.8 Å². The molecule has 9 nitrogen and oxygen atoms in total. The molecular weight excluding hydrogens is 472 g/mol. The minimum atomic E-state index is -0.773.